The lowest BCUT2D eigenvalue weighted by Gasteiger charge is -2.05. The molecule has 1 N–H and O–H groups in total. The lowest BCUT2D eigenvalue weighted by molar-refractivity contribution is 0.372. The summed E-state index contributed by atoms with van der Waals surface area (Å²) in [7, 11) is 1.49. The molecule has 0 aliphatic heterocycles. The van der Waals surface area contributed by atoms with Crippen LogP contribution in [0.4, 0.5) is 0 Å². The second-order valence-corrected chi connectivity index (χ2v) is 3.97. The van der Waals surface area contributed by atoms with Gasteiger partial charge in [-0.1, -0.05) is 0 Å². The van der Waals surface area contributed by atoms with Gasteiger partial charge in [0.2, 0.25) is 0 Å². The van der Waals surface area contributed by atoms with Gasteiger partial charge in [-0.05, 0) is 33.6 Å². The smallest absolute Gasteiger partial charge is 0.172 e. The Morgan fingerprint density at radius 1 is 1.53 bits per heavy atom. The maximum Gasteiger partial charge on any atom is 0.172 e. The molecule has 0 atom stereocenters. The van der Waals surface area contributed by atoms with Crippen LogP contribution in [-0.4, -0.2) is 33.3 Å². The first-order chi connectivity index (χ1) is 8.20. The van der Waals surface area contributed by atoms with Gasteiger partial charge in [0.25, 0.3) is 0 Å². The van der Waals surface area contributed by atoms with Gasteiger partial charge < -0.3 is 9.84 Å². The van der Waals surface area contributed by atoms with E-state index in [-0.39, 0.29) is 5.75 Å². The summed E-state index contributed by atoms with van der Waals surface area (Å²) in [5.41, 5.74) is 0.766. The van der Waals surface area contributed by atoms with Crippen molar-refractivity contribution in [1.29, 1.82) is 0 Å². The Morgan fingerprint density at radius 2 is 2.35 bits per heavy atom. The van der Waals surface area contributed by atoms with Crippen molar-refractivity contribution in [2.45, 2.75) is 0 Å². The van der Waals surface area contributed by atoms with Gasteiger partial charge in [0, 0.05) is 0 Å². The van der Waals surface area contributed by atoms with Gasteiger partial charge in [-0.2, -0.15) is 5.10 Å². The van der Waals surface area contributed by atoms with Crippen LogP contribution in [-0.2, 0) is 0 Å². The fourth-order valence-electron chi connectivity index (χ4n) is 1.21. The minimum atomic E-state index is 0.0606. The van der Waals surface area contributed by atoms with Crippen LogP contribution in [0, 0.1) is 0 Å². The first-order valence-corrected chi connectivity index (χ1v) is 5.45. The van der Waals surface area contributed by atoms with E-state index in [0.717, 1.165) is 5.56 Å². The highest BCUT2D eigenvalue weighted by molar-refractivity contribution is 9.10. The summed E-state index contributed by atoms with van der Waals surface area (Å²) in [6, 6.07) is 3.39. The number of hydrogen-bond acceptors (Lipinski definition) is 5. The van der Waals surface area contributed by atoms with Crippen molar-refractivity contribution < 1.29 is 9.84 Å². The molecule has 1 heterocycles. The molecule has 2 rings (SSSR count). The molecule has 1 aromatic heterocycles. The molecule has 0 saturated heterocycles. The molecule has 1 aromatic carbocycles. The molecule has 0 amide bonds. The maximum absolute atomic E-state index is 9.63. The van der Waals surface area contributed by atoms with Crippen molar-refractivity contribution in [2.24, 2.45) is 5.10 Å². The van der Waals surface area contributed by atoms with E-state index in [1.54, 1.807) is 18.3 Å². The molecule has 6 nitrogen and oxygen atoms in total. The van der Waals surface area contributed by atoms with E-state index in [4.69, 9.17) is 4.74 Å². The van der Waals surface area contributed by atoms with Gasteiger partial charge >= 0.3 is 0 Å². The second-order valence-electron chi connectivity index (χ2n) is 3.11. The minimum Gasteiger partial charge on any atom is -0.503 e. The number of halogens is 1. The van der Waals surface area contributed by atoms with Gasteiger partial charge in [-0.25, -0.2) is 4.98 Å². The van der Waals surface area contributed by atoms with E-state index < -0.39 is 0 Å². The van der Waals surface area contributed by atoms with E-state index in [2.05, 4.69) is 31.1 Å². The lowest BCUT2D eigenvalue weighted by atomic mass is 10.2. The topological polar surface area (TPSA) is 72.5 Å². The zero-order valence-corrected chi connectivity index (χ0v) is 10.5. The summed E-state index contributed by atoms with van der Waals surface area (Å²) in [4.78, 5) is 5.09. The highest BCUT2D eigenvalue weighted by Gasteiger charge is 2.07. The van der Waals surface area contributed by atoms with Gasteiger partial charge in [0.1, 0.15) is 12.7 Å². The van der Waals surface area contributed by atoms with Crippen LogP contribution in [0.15, 0.2) is 34.4 Å². The van der Waals surface area contributed by atoms with Gasteiger partial charge in [-0.3, -0.25) is 0 Å². The number of rotatable bonds is 3. The van der Waals surface area contributed by atoms with Crippen molar-refractivity contribution in [2.75, 3.05) is 7.11 Å². The van der Waals surface area contributed by atoms with Crippen LogP contribution in [0.2, 0.25) is 0 Å². The summed E-state index contributed by atoms with van der Waals surface area (Å²) >= 11 is 3.23. The predicted molar refractivity (Wildman–Crippen MR) is 65.4 cm³/mol. The van der Waals surface area contributed by atoms with Crippen molar-refractivity contribution in [1.82, 2.24) is 14.9 Å². The molecule has 0 radical (unpaired) electrons. The molecule has 7 heteroatoms. The van der Waals surface area contributed by atoms with Crippen molar-refractivity contribution in [3.63, 3.8) is 0 Å². The van der Waals surface area contributed by atoms with Crippen LogP contribution >= 0.6 is 15.9 Å². The highest BCUT2D eigenvalue weighted by Crippen LogP contribution is 2.34. The zero-order chi connectivity index (χ0) is 12.3. The first kappa shape index (κ1) is 11.6. The van der Waals surface area contributed by atoms with E-state index in [9.17, 15) is 5.11 Å². The second kappa shape index (κ2) is 4.96. The van der Waals surface area contributed by atoms with Crippen LogP contribution < -0.4 is 4.74 Å². The predicted octanol–water partition coefficient (Wildman–Crippen LogP) is 1.64. The SMILES string of the molecule is COc1cc(C=Nn2cncn2)cc(Br)c1O. The van der Waals surface area contributed by atoms with E-state index >= 15 is 0 Å². The summed E-state index contributed by atoms with van der Waals surface area (Å²) in [5, 5.41) is 17.5. The molecule has 0 spiro atoms. The number of nitrogens with zero attached hydrogens (tertiary/aromatic N) is 4. The molecule has 0 aliphatic carbocycles. The summed E-state index contributed by atoms with van der Waals surface area (Å²) < 4.78 is 5.57. The molecular weight excluding hydrogens is 288 g/mol. The number of phenolic OH excluding ortho intramolecular Hbond substituents is 1. The fraction of sp³-hybridized carbons (Fsp3) is 0.100. The van der Waals surface area contributed by atoms with Gasteiger partial charge in [0.15, 0.2) is 11.5 Å². The standard InChI is InChI=1S/C10H9BrN4O2/c1-17-9-3-7(2-8(11)10(9)16)4-13-15-6-12-5-14-15/h2-6,16H,1H3. The van der Waals surface area contributed by atoms with E-state index in [1.165, 1.54) is 24.6 Å². The molecule has 17 heavy (non-hydrogen) atoms. The average Bonchev–Trinajstić information content (AvgIpc) is 2.83. The molecule has 0 unspecified atom stereocenters. The van der Waals surface area contributed by atoms with Crippen LogP contribution in [0.1, 0.15) is 5.56 Å². The largest absolute Gasteiger partial charge is 0.503 e. The van der Waals surface area contributed by atoms with E-state index in [1.807, 2.05) is 0 Å². The average molecular weight is 297 g/mol. The van der Waals surface area contributed by atoms with Crippen molar-refractivity contribution in [3.05, 3.63) is 34.8 Å². The quantitative estimate of drug-likeness (QED) is 0.874. The number of methoxy groups -OCH3 is 1. The fourth-order valence-corrected chi connectivity index (χ4v) is 1.67. The van der Waals surface area contributed by atoms with E-state index in [0.29, 0.717) is 10.2 Å². The third kappa shape index (κ3) is 2.62. The Morgan fingerprint density at radius 3 is 3.00 bits per heavy atom. The maximum atomic E-state index is 9.63. The van der Waals surface area contributed by atoms with Crippen LogP contribution in [0.3, 0.4) is 0 Å². The Labute approximate surface area is 106 Å². The van der Waals surface area contributed by atoms with Crippen molar-refractivity contribution >= 4 is 22.1 Å². The minimum absolute atomic E-state index is 0.0606. The Balaban J connectivity index is 2.30. The highest BCUT2D eigenvalue weighted by atomic mass is 79.9. The number of aromatic hydroxyl groups is 1. The van der Waals surface area contributed by atoms with Crippen LogP contribution in [0.5, 0.6) is 11.5 Å². The number of aromatic nitrogens is 3. The molecular formula is C10H9BrN4O2. The molecule has 0 aliphatic rings. The zero-order valence-electron chi connectivity index (χ0n) is 8.91. The monoisotopic (exact) mass is 296 g/mol. The normalized spacial score (nSPS) is 10.9. The van der Waals surface area contributed by atoms with Gasteiger partial charge in [-0.15, -0.1) is 9.89 Å². The molecule has 88 valence electrons. The molecule has 0 fully saturated rings. The van der Waals surface area contributed by atoms with Crippen LogP contribution in [0.25, 0.3) is 0 Å². The lowest BCUT2D eigenvalue weighted by Crippen LogP contribution is -1.92. The third-order valence-corrected chi connectivity index (χ3v) is 2.61. The Bertz CT molecular complexity index is 539. The third-order valence-electron chi connectivity index (χ3n) is 2.00. The molecule has 2 aromatic rings. The Hall–Kier alpha value is -1.89. The summed E-state index contributed by atoms with van der Waals surface area (Å²) in [5.74, 6) is 0.435. The number of benzene rings is 1. The summed E-state index contributed by atoms with van der Waals surface area (Å²) in [6.45, 7) is 0. The number of hydrogen-bond donors (Lipinski definition) is 1. The first-order valence-electron chi connectivity index (χ1n) is 4.66. The summed E-state index contributed by atoms with van der Waals surface area (Å²) in [6.07, 6.45) is 4.45. The Kier molecular flexibility index (Phi) is 3.38. The van der Waals surface area contributed by atoms with Crippen molar-refractivity contribution in [3.8, 4) is 11.5 Å². The van der Waals surface area contributed by atoms with Gasteiger partial charge in [0.05, 0.1) is 17.8 Å². The number of ether oxygens (including phenoxy) is 1. The molecule has 0 saturated carbocycles. The molecule has 0 bridgehead atoms. The number of phenols is 1.